The van der Waals surface area contributed by atoms with Crippen molar-refractivity contribution in [3.05, 3.63) is 35.9 Å². The van der Waals surface area contributed by atoms with Gasteiger partial charge in [0.2, 0.25) is 29.5 Å². The van der Waals surface area contributed by atoms with Crippen LogP contribution in [0.15, 0.2) is 30.3 Å². The Morgan fingerprint density at radius 3 is 1.95 bits per heavy atom. The number of carbonyl (C=O) groups is 6. The third kappa shape index (κ3) is 13.1. The summed E-state index contributed by atoms with van der Waals surface area (Å²) >= 11 is 0. The molecule has 328 valence electrons. The molecule has 13 heteroatoms. The number of likely N-dealkylation sites (N-methyl/N-ethyl adjacent to an activating group) is 2. The van der Waals surface area contributed by atoms with Gasteiger partial charge in [-0.1, -0.05) is 106 Å². The van der Waals surface area contributed by atoms with Crippen molar-refractivity contribution in [1.82, 2.24) is 25.3 Å². The Morgan fingerprint density at radius 2 is 1.47 bits per heavy atom. The lowest BCUT2D eigenvalue weighted by molar-refractivity contribution is -0.150. The highest BCUT2D eigenvalue weighted by atomic mass is 16.5. The number of nitrogens with zero attached hydrogens (tertiary/aromatic N) is 3. The molecule has 9 atom stereocenters. The van der Waals surface area contributed by atoms with E-state index in [9.17, 15) is 28.8 Å². The Labute approximate surface area is 348 Å². The second kappa shape index (κ2) is 22.5. The second-order valence-electron chi connectivity index (χ2n) is 18.0. The number of ether oxygens (including phenoxy) is 2. The van der Waals surface area contributed by atoms with E-state index in [1.165, 1.54) is 26.0 Å². The van der Waals surface area contributed by atoms with Crippen LogP contribution >= 0.6 is 0 Å². The Kier molecular flexibility index (Phi) is 19.5. The largest absolute Gasteiger partial charge is 0.379 e. The fourth-order valence-corrected chi connectivity index (χ4v) is 8.31. The van der Waals surface area contributed by atoms with Crippen LogP contribution in [0, 0.1) is 29.1 Å². The number of benzene rings is 1. The van der Waals surface area contributed by atoms with Gasteiger partial charge >= 0.3 is 0 Å². The molecule has 13 nitrogen and oxygen atoms in total. The van der Waals surface area contributed by atoms with Gasteiger partial charge in [-0.2, -0.15) is 0 Å². The number of rotatable bonds is 21. The molecule has 1 aromatic carbocycles. The fourth-order valence-electron chi connectivity index (χ4n) is 8.31. The molecular weight excluding hydrogens is 739 g/mol. The quantitative estimate of drug-likeness (QED) is 0.178. The molecule has 1 aromatic rings. The summed E-state index contributed by atoms with van der Waals surface area (Å²) in [5.41, 5.74) is 0.240. The number of Topliss-reactive ketones (excluding diaryl/α,β-unsaturated/α-hetero) is 1. The van der Waals surface area contributed by atoms with Crippen LogP contribution in [-0.4, -0.2) is 127 Å². The molecule has 0 spiro atoms. The molecule has 0 aliphatic carbocycles. The van der Waals surface area contributed by atoms with Crippen molar-refractivity contribution in [1.29, 1.82) is 0 Å². The number of ketones is 1. The molecular formula is C45H75N5O8. The Morgan fingerprint density at radius 1 is 0.862 bits per heavy atom. The van der Waals surface area contributed by atoms with Crippen LogP contribution in [0.2, 0.25) is 0 Å². The molecule has 58 heavy (non-hydrogen) atoms. The highest BCUT2D eigenvalue weighted by Crippen LogP contribution is 2.30. The molecule has 0 bridgehead atoms. The number of methoxy groups -OCH3 is 2. The minimum Gasteiger partial charge on any atom is -0.379 e. The first-order chi connectivity index (χ1) is 27.0. The van der Waals surface area contributed by atoms with Crippen LogP contribution < -0.4 is 10.6 Å². The van der Waals surface area contributed by atoms with E-state index in [0.717, 1.165) is 12.0 Å². The first-order valence-corrected chi connectivity index (χ1v) is 21.1. The van der Waals surface area contributed by atoms with E-state index in [-0.39, 0.29) is 59.6 Å². The molecule has 1 saturated heterocycles. The number of carbonyl (C=O) groups excluding carboxylic acids is 6. The van der Waals surface area contributed by atoms with E-state index in [0.29, 0.717) is 25.8 Å². The van der Waals surface area contributed by atoms with Crippen molar-refractivity contribution in [2.24, 2.45) is 29.1 Å². The summed E-state index contributed by atoms with van der Waals surface area (Å²) < 4.78 is 12.0. The molecule has 0 aromatic heterocycles. The summed E-state index contributed by atoms with van der Waals surface area (Å²) in [5.74, 6) is -2.79. The van der Waals surface area contributed by atoms with E-state index in [2.05, 4.69) is 10.6 Å². The van der Waals surface area contributed by atoms with Crippen molar-refractivity contribution in [2.75, 3.05) is 34.9 Å². The van der Waals surface area contributed by atoms with Crippen LogP contribution in [0.1, 0.15) is 107 Å². The minimum atomic E-state index is -0.898. The van der Waals surface area contributed by atoms with Gasteiger partial charge in [0.05, 0.1) is 42.7 Å². The summed E-state index contributed by atoms with van der Waals surface area (Å²) in [4.78, 5) is 86.9. The van der Waals surface area contributed by atoms with Crippen LogP contribution in [-0.2, 0) is 44.7 Å². The van der Waals surface area contributed by atoms with Gasteiger partial charge < -0.3 is 34.8 Å². The van der Waals surface area contributed by atoms with Crippen LogP contribution in [0.5, 0.6) is 0 Å². The summed E-state index contributed by atoms with van der Waals surface area (Å²) in [6.45, 7) is 20.6. The fraction of sp³-hybridized carbons (Fsp3) is 0.733. The van der Waals surface area contributed by atoms with E-state index in [1.54, 1.807) is 30.8 Å². The molecule has 1 heterocycles. The van der Waals surface area contributed by atoms with Crippen molar-refractivity contribution in [3.8, 4) is 0 Å². The molecule has 1 aliphatic heterocycles. The Balaban J connectivity index is 2.31. The number of nitrogens with one attached hydrogen (secondary N) is 2. The standard InChI is InChI=1S/C45H75N5O8/c1-16-29(6)39(48(12)43(55)37(27(2)3)47-42(54)38(28(4)5)49(13)44(56)45(9,10)11)35(57-14)26-36(52)50-24-20-23-34(50)40(58-15)30(7)41(53)46-33(31(8)51)25-32-21-18-17-19-22-32/h17-19,21-22,27-30,33-35,37-40H,16,20,23-26H2,1-15H3,(H,46,53)(H,47,54)/t29-,30+,33-,34-,35+,37-,38-,39-,40+/m0/s1. The van der Waals surface area contributed by atoms with Crippen LogP contribution in [0.4, 0.5) is 0 Å². The maximum absolute atomic E-state index is 14.4. The third-order valence-corrected chi connectivity index (χ3v) is 11.9. The van der Waals surface area contributed by atoms with Gasteiger partial charge in [-0.05, 0) is 49.5 Å². The first kappa shape index (κ1) is 50.3. The van der Waals surface area contributed by atoms with Gasteiger partial charge in [0.25, 0.3) is 0 Å². The summed E-state index contributed by atoms with van der Waals surface area (Å²) in [6.07, 6.45) is 1.09. The predicted molar refractivity (Wildman–Crippen MR) is 227 cm³/mol. The van der Waals surface area contributed by atoms with Gasteiger partial charge in [-0.15, -0.1) is 0 Å². The Bertz CT molecular complexity index is 1530. The minimum absolute atomic E-state index is 0.0199. The maximum atomic E-state index is 14.4. The van der Waals surface area contributed by atoms with E-state index >= 15 is 0 Å². The van der Waals surface area contributed by atoms with Gasteiger partial charge in [0.1, 0.15) is 12.1 Å². The highest BCUT2D eigenvalue weighted by molar-refractivity contribution is 5.93. The SMILES string of the molecule is CC[C@H](C)[C@@H]([C@@H](CC(=O)N1CCC[C@H]1[C@H](OC)[C@@H](C)C(=O)N[C@@H](Cc1ccccc1)C(C)=O)OC)N(C)C(=O)[C@@H](NC(=O)[C@H](C(C)C)N(C)C(=O)C(C)(C)C)C(C)C. The number of hydrogen-bond donors (Lipinski definition) is 2. The maximum Gasteiger partial charge on any atom is 0.245 e. The molecule has 2 N–H and O–H groups in total. The summed E-state index contributed by atoms with van der Waals surface area (Å²) in [6, 6.07) is 6.22. The molecule has 1 fully saturated rings. The second-order valence-corrected chi connectivity index (χ2v) is 18.0. The summed E-state index contributed by atoms with van der Waals surface area (Å²) in [5, 5.41) is 5.92. The van der Waals surface area contributed by atoms with Crippen LogP contribution in [0.25, 0.3) is 0 Å². The van der Waals surface area contributed by atoms with Gasteiger partial charge in [-0.25, -0.2) is 0 Å². The topological polar surface area (TPSA) is 155 Å². The number of hydrogen-bond acceptors (Lipinski definition) is 8. The third-order valence-electron chi connectivity index (χ3n) is 11.9. The predicted octanol–water partition coefficient (Wildman–Crippen LogP) is 4.89. The van der Waals surface area contributed by atoms with Gasteiger partial charge in [0.15, 0.2) is 5.78 Å². The smallest absolute Gasteiger partial charge is 0.245 e. The van der Waals surface area contributed by atoms with Crippen molar-refractivity contribution < 1.29 is 38.2 Å². The zero-order valence-corrected chi connectivity index (χ0v) is 38.1. The monoisotopic (exact) mass is 814 g/mol. The van der Waals surface area contributed by atoms with E-state index in [4.69, 9.17) is 9.47 Å². The molecule has 5 amide bonds. The van der Waals surface area contributed by atoms with Crippen molar-refractivity contribution in [2.45, 2.75) is 151 Å². The van der Waals surface area contributed by atoms with E-state index in [1.807, 2.05) is 92.6 Å². The summed E-state index contributed by atoms with van der Waals surface area (Å²) in [7, 11) is 6.39. The lowest BCUT2D eigenvalue weighted by atomic mass is 9.89. The zero-order valence-electron chi connectivity index (χ0n) is 38.1. The average Bonchev–Trinajstić information content (AvgIpc) is 3.65. The zero-order chi connectivity index (χ0) is 44.2. The lowest BCUT2D eigenvalue weighted by Gasteiger charge is -2.41. The van der Waals surface area contributed by atoms with Crippen molar-refractivity contribution in [3.63, 3.8) is 0 Å². The Hall–Kier alpha value is -3.84. The number of amides is 5. The average molecular weight is 814 g/mol. The highest BCUT2D eigenvalue weighted by Gasteiger charge is 2.44. The van der Waals surface area contributed by atoms with Gasteiger partial charge in [-0.3, -0.25) is 28.8 Å². The molecule has 2 rings (SSSR count). The normalized spacial score (nSPS) is 18.7. The van der Waals surface area contributed by atoms with Crippen LogP contribution in [0.3, 0.4) is 0 Å². The van der Waals surface area contributed by atoms with Crippen molar-refractivity contribution >= 4 is 35.3 Å². The van der Waals surface area contributed by atoms with Gasteiger partial charge in [0, 0.05) is 40.3 Å². The number of likely N-dealkylation sites (tertiary alicyclic amines) is 1. The molecule has 0 unspecified atom stereocenters. The molecule has 0 saturated carbocycles. The first-order valence-electron chi connectivity index (χ1n) is 21.1. The van der Waals surface area contributed by atoms with E-state index < -0.39 is 53.6 Å². The molecule has 0 radical (unpaired) electrons. The molecule has 1 aliphatic rings. The lowest BCUT2D eigenvalue weighted by Crippen LogP contribution is -2.60.